The summed E-state index contributed by atoms with van der Waals surface area (Å²) in [5.41, 5.74) is 1.01. The lowest BCUT2D eigenvalue weighted by Crippen LogP contribution is -2.31. The van der Waals surface area contributed by atoms with Crippen LogP contribution in [0.15, 0.2) is 22.9 Å². The van der Waals surface area contributed by atoms with Gasteiger partial charge in [-0.25, -0.2) is 4.98 Å². The van der Waals surface area contributed by atoms with Gasteiger partial charge in [0.25, 0.3) is 0 Å². The van der Waals surface area contributed by atoms with E-state index >= 15 is 0 Å². The monoisotopic (exact) mass is 290 g/mol. The Hall–Kier alpha value is -1.99. The first-order chi connectivity index (χ1) is 10.3. The van der Waals surface area contributed by atoms with Crippen LogP contribution in [0, 0.1) is 0 Å². The van der Waals surface area contributed by atoms with Gasteiger partial charge in [-0.1, -0.05) is 11.2 Å². The molecule has 1 fully saturated rings. The second kappa shape index (κ2) is 6.19. The van der Waals surface area contributed by atoms with Crippen molar-refractivity contribution >= 4 is 0 Å². The van der Waals surface area contributed by atoms with Gasteiger partial charge in [0.05, 0.1) is 26.2 Å². The van der Waals surface area contributed by atoms with Gasteiger partial charge in [0.1, 0.15) is 0 Å². The van der Waals surface area contributed by atoms with Crippen LogP contribution >= 0.6 is 0 Å². The van der Waals surface area contributed by atoms with E-state index in [0.29, 0.717) is 37.2 Å². The zero-order chi connectivity index (χ0) is 14.7. The lowest BCUT2D eigenvalue weighted by molar-refractivity contribution is 0.185. The first-order valence-corrected chi connectivity index (χ1v) is 6.86. The van der Waals surface area contributed by atoms with Crippen molar-refractivity contribution in [3.05, 3.63) is 35.6 Å². The average Bonchev–Trinajstić information content (AvgIpc) is 3.16. The van der Waals surface area contributed by atoms with Crippen LogP contribution in [0.5, 0.6) is 5.88 Å². The van der Waals surface area contributed by atoms with Gasteiger partial charge in [0.15, 0.2) is 5.82 Å². The van der Waals surface area contributed by atoms with Crippen molar-refractivity contribution < 1.29 is 14.0 Å². The zero-order valence-electron chi connectivity index (χ0n) is 12.1. The molecule has 7 heteroatoms. The number of methoxy groups -OCH3 is 1. The minimum absolute atomic E-state index is 0.116. The van der Waals surface area contributed by atoms with Crippen LogP contribution in [-0.4, -0.2) is 48.5 Å². The van der Waals surface area contributed by atoms with E-state index < -0.39 is 0 Å². The molecule has 0 saturated carbocycles. The molecular weight excluding hydrogens is 272 g/mol. The molecular formula is C14H18N4O3. The van der Waals surface area contributed by atoms with Crippen LogP contribution in [0.1, 0.15) is 23.2 Å². The number of nitrogens with zero attached hydrogens (tertiary/aromatic N) is 3. The molecule has 112 valence electrons. The third kappa shape index (κ3) is 3.03. The predicted molar refractivity (Wildman–Crippen MR) is 74.3 cm³/mol. The highest BCUT2D eigenvalue weighted by atomic mass is 16.5. The SMILES string of the molecule is CNC1COCC1c1nc(Cc2ccc(OC)nc2)no1. The van der Waals surface area contributed by atoms with Crippen molar-refractivity contribution in [1.82, 2.24) is 20.4 Å². The van der Waals surface area contributed by atoms with Gasteiger partial charge in [0.2, 0.25) is 11.8 Å². The summed E-state index contributed by atoms with van der Waals surface area (Å²) in [6.07, 6.45) is 2.34. The number of hydrogen-bond donors (Lipinski definition) is 1. The lowest BCUT2D eigenvalue weighted by Gasteiger charge is -2.11. The lowest BCUT2D eigenvalue weighted by atomic mass is 10.0. The molecule has 0 bridgehead atoms. The number of pyridine rings is 1. The van der Waals surface area contributed by atoms with Gasteiger partial charge in [-0.3, -0.25) is 0 Å². The summed E-state index contributed by atoms with van der Waals surface area (Å²) in [7, 11) is 3.50. The molecule has 2 unspecified atom stereocenters. The fourth-order valence-electron chi connectivity index (χ4n) is 2.39. The van der Waals surface area contributed by atoms with E-state index in [0.717, 1.165) is 5.56 Å². The number of likely N-dealkylation sites (N-methyl/N-ethyl adjacent to an activating group) is 1. The van der Waals surface area contributed by atoms with Crippen LogP contribution in [0.3, 0.4) is 0 Å². The Balaban J connectivity index is 1.69. The molecule has 2 atom stereocenters. The molecule has 3 heterocycles. The van der Waals surface area contributed by atoms with Crippen molar-refractivity contribution in [1.29, 1.82) is 0 Å². The zero-order valence-corrected chi connectivity index (χ0v) is 12.1. The fourth-order valence-corrected chi connectivity index (χ4v) is 2.39. The minimum Gasteiger partial charge on any atom is -0.481 e. The average molecular weight is 290 g/mol. The summed E-state index contributed by atoms with van der Waals surface area (Å²) in [5, 5.41) is 7.25. The van der Waals surface area contributed by atoms with Crippen molar-refractivity contribution in [3.63, 3.8) is 0 Å². The van der Waals surface area contributed by atoms with Crippen LogP contribution in [-0.2, 0) is 11.2 Å². The van der Waals surface area contributed by atoms with Gasteiger partial charge >= 0.3 is 0 Å². The number of nitrogens with one attached hydrogen (secondary N) is 1. The minimum atomic E-state index is 0.116. The quantitative estimate of drug-likeness (QED) is 0.870. The fraction of sp³-hybridized carbons (Fsp3) is 0.500. The van der Waals surface area contributed by atoms with E-state index in [1.165, 1.54) is 0 Å². The van der Waals surface area contributed by atoms with Crippen molar-refractivity contribution in [2.24, 2.45) is 0 Å². The van der Waals surface area contributed by atoms with E-state index in [2.05, 4.69) is 20.4 Å². The molecule has 1 aliphatic heterocycles. The summed E-state index contributed by atoms with van der Waals surface area (Å²) in [5.74, 6) is 1.99. The van der Waals surface area contributed by atoms with Crippen molar-refractivity contribution in [3.8, 4) is 5.88 Å². The molecule has 3 rings (SSSR count). The van der Waals surface area contributed by atoms with E-state index in [4.69, 9.17) is 14.0 Å². The Bertz CT molecular complexity index is 584. The van der Waals surface area contributed by atoms with Crippen LogP contribution < -0.4 is 10.1 Å². The highest BCUT2D eigenvalue weighted by Crippen LogP contribution is 2.24. The van der Waals surface area contributed by atoms with Crippen molar-refractivity contribution in [2.45, 2.75) is 18.4 Å². The molecule has 0 aliphatic carbocycles. The smallest absolute Gasteiger partial charge is 0.233 e. The van der Waals surface area contributed by atoms with E-state index in [1.807, 2.05) is 19.2 Å². The molecule has 7 nitrogen and oxygen atoms in total. The van der Waals surface area contributed by atoms with Gasteiger partial charge in [-0.05, 0) is 12.6 Å². The second-order valence-corrected chi connectivity index (χ2v) is 4.97. The molecule has 1 N–H and O–H groups in total. The molecule has 0 spiro atoms. The summed E-state index contributed by atoms with van der Waals surface area (Å²) in [4.78, 5) is 8.64. The Kier molecular flexibility index (Phi) is 4.12. The van der Waals surface area contributed by atoms with Gasteiger partial charge in [-0.15, -0.1) is 0 Å². The second-order valence-electron chi connectivity index (χ2n) is 4.97. The first kappa shape index (κ1) is 14.0. The molecule has 0 aromatic carbocycles. The van der Waals surface area contributed by atoms with E-state index in [-0.39, 0.29) is 12.0 Å². The number of hydrogen-bond acceptors (Lipinski definition) is 7. The van der Waals surface area contributed by atoms with Crippen LogP contribution in [0.2, 0.25) is 0 Å². The topological polar surface area (TPSA) is 82.3 Å². The molecule has 1 saturated heterocycles. The first-order valence-electron chi connectivity index (χ1n) is 6.86. The number of ether oxygens (including phenoxy) is 2. The Labute approximate surface area is 122 Å². The summed E-state index contributed by atoms with van der Waals surface area (Å²) in [6.45, 7) is 1.28. The molecule has 21 heavy (non-hydrogen) atoms. The van der Waals surface area contributed by atoms with Crippen LogP contribution in [0.25, 0.3) is 0 Å². The van der Waals surface area contributed by atoms with Gasteiger partial charge < -0.3 is 19.3 Å². The highest BCUT2D eigenvalue weighted by molar-refractivity contribution is 5.20. The molecule has 2 aromatic heterocycles. The molecule has 0 radical (unpaired) electrons. The summed E-state index contributed by atoms with van der Waals surface area (Å²) >= 11 is 0. The Morgan fingerprint density at radius 2 is 2.29 bits per heavy atom. The Morgan fingerprint density at radius 3 is 3.00 bits per heavy atom. The third-order valence-electron chi connectivity index (χ3n) is 3.62. The predicted octanol–water partition coefficient (Wildman–Crippen LogP) is 0.766. The highest BCUT2D eigenvalue weighted by Gasteiger charge is 2.32. The molecule has 2 aromatic rings. The summed E-state index contributed by atoms with van der Waals surface area (Å²) in [6, 6.07) is 3.98. The maximum Gasteiger partial charge on any atom is 0.233 e. The van der Waals surface area contributed by atoms with Gasteiger partial charge in [-0.2, -0.15) is 4.98 Å². The van der Waals surface area contributed by atoms with E-state index in [1.54, 1.807) is 13.3 Å². The Morgan fingerprint density at radius 1 is 1.38 bits per heavy atom. The van der Waals surface area contributed by atoms with Gasteiger partial charge in [0, 0.05) is 24.7 Å². The normalized spacial score (nSPS) is 21.6. The maximum atomic E-state index is 5.45. The number of rotatable bonds is 5. The molecule has 0 amide bonds. The van der Waals surface area contributed by atoms with E-state index in [9.17, 15) is 0 Å². The van der Waals surface area contributed by atoms with Crippen LogP contribution in [0.4, 0.5) is 0 Å². The third-order valence-corrected chi connectivity index (χ3v) is 3.62. The molecule has 1 aliphatic rings. The standard InChI is InChI=1S/C14H18N4O3/c1-15-11-8-20-7-10(11)14-17-12(18-21-14)5-9-3-4-13(19-2)16-6-9/h3-4,6,10-11,15H,5,7-8H2,1-2H3. The largest absolute Gasteiger partial charge is 0.481 e. The summed E-state index contributed by atoms with van der Waals surface area (Å²) < 4.78 is 15.9. The van der Waals surface area contributed by atoms with Crippen molar-refractivity contribution in [2.75, 3.05) is 27.4 Å². The number of aromatic nitrogens is 3. The maximum absolute atomic E-state index is 5.45.